The van der Waals surface area contributed by atoms with Crippen molar-refractivity contribution in [1.82, 2.24) is 4.90 Å². The first-order valence-electron chi connectivity index (χ1n) is 6.21. The van der Waals surface area contributed by atoms with E-state index in [2.05, 4.69) is 4.90 Å². The van der Waals surface area contributed by atoms with Crippen LogP contribution in [0.15, 0.2) is 0 Å². The number of piperidine rings is 1. The molecule has 4 nitrogen and oxygen atoms in total. The summed E-state index contributed by atoms with van der Waals surface area (Å²) < 4.78 is 10.3. The zero-order chi connectivity index (χ0) is 11.4. The predicted octanol–water partition coefficient (Wildman–Crippen LogP) is 1.05. The van der Waals surface area contributed by atoms with Crippen LogP contribution in [-0.4, -0.2) is 50.3 Å². The SMILES string of the molecule is COC(=O)[C@H]1CCCCN1CC1CCOC1. The van der Waals surface area contributed by atoms with Crippen LogP contribution >= 0.6 is 0 Å². The van der Waals surface area contributed by atoms with E-state index in [1.165, 1.54) is 13.5 Å². The van der Waals surface area contributed by atoms with Crippen LogP contribution in [0.2, 0.25) is 0 Å². The van der Waals surface area contributed by atoms with Gasteiger partial charge in [0.15, 0.2) is 0 Å². The number of carbonyl (C=O) groups is 1. The lowest BCUT2D eigenvalue weighted by molar-refractivity contribution is -0.148. The molecule has 92 valence electrons. The minimum atomic E-state index is -0.0707. The first-order chi connectivity index (χ1) is 7.81. The molecule has 0 radical (unpaired) electrons. The van der Waals surface area contributed by atoms with Crippen LogP contribution in [0.5, 0.6) is 0 Å². The van der Waals surface area contributed by atoms with Crippen LogP contribution in [-0.2, 0) is 14.3 Å². The number of likely N-dealkylation sites (tertiary alicyclic amines) is 1. The van der Waals surface area contributed by atoms with E-state index in [-0.39, 0.29) is 12.0 Å². The molecule has 2 rings (SSSR count). The van der Waals surface area contributed by atoms with Crippen LogP contribution in [0.4, 0.5) is 0 Å². The minimum Gasteiger partial charge on any atom is -0.468 e. The van der Waals surface area contributed by atoms with Gasteiger partial charge in [-0.05, 0) is 31.7 Å². The van der Waals surface area contributed by atoms with Gasteiger partial charge in [-0.2, -0.15) is 0 Å². The Morgan fingerprint density at radius 3 is 3.00 bits per heavy atom. The maximum absolute atomic E-state index is 11.7. The molecule has 2 fully saturated rings. The summed E-state index contributed by atoms with van der Waals surface area (Å²) in [7, 11) is 1.48. The Balaban J connectivity index is 1.90. The third-order valence-corrected chi connectivity index (χ3v) is 3.60. The molecule has 2 aliphatic rings. The number of carbonyl (C=O) groups excluding carboxylic acids is 1. The molecule has 0 saturated carbocycles. The van der Waals surface area contributed by atoms with Gasteiger partial charge in [0.1, 0.15) is 6.04 Å². The van der Waals surface area contributed by atoms with Crippen molar-refractivity contribution in [3.63, 3.8) is 0 Å². The number of hydrogen-bond donors (Lipinski definition) is 0. The summed E-state index contributed by atoms with van der Waals surface area (Å²) in [5.74, 6) is 0.531. The van der Waals surface area contributed by atoms with Crippen molar-refractivity contribution < 1.29 is 14.3 Å². The van der Waals surface area contributed by atoms with E-state index >= 15 is 0 Å². The van der Waals surface area contributed by atoms with Gasteiger partial charge in [-0.25, -0.2) is 0 Å². The number of nitrogens with zero attached hydrogens (tertiary/aromatic N) is 1. The fourth-order valence-corrected chi connectivity index (χ4v) is 2.67. The Morgan fingerprint density at radius 1 is 1.44 bits per heavy atom. The standard InChI is InChI=1S/C12H21NO3/c1-15-12(14)11-4-2-3-6-13(11)8-10-5-7-16-9-10/h10-11H,2-9H2,1H3/t10?,11-/m1/s1. The highest BCUT2D eigenvalue weighted by atomic mass is 16.5. The predicted molar refractivity (Wildman–Crippen MR) is 60.2 cm³/mol. The van der Waals surface area contributed by atoms with Crippen molar-refractivity contribution in [2.24, 2.45) is 5.92 Å². The zero-order valence-corrected chi connectivity index (χ0v) is 9.98. The van der Waals surface area contributed by atoms with Gasteiger partial charge in [0, 0.05) is 13.2 Å². The lowest BCUT2D eigenvalue weighted by atomic mass is 9.99. The van der Waals surface area contributed by atoms with Crippen molar-refractivity contribution in [2.75, 3.05) is 33.4 Å². The van der Waals surface area contributed by atoms with Gasteiger partial charge < -0.3 is 9.47 Å². The molecule has 0 aliphatic carbocycles. The molecule has 0 aromatic heterocycles. The fourth-order valence-electron chi connectivity index (χ4n) is 2.67. The minimum absolute atomic E-state index is 0.0145. The van der Waals surface area contributed by atoms with E-state index < -0.39 is 0 Å². The van der Waals surface area contributed by atoms with Gasteiger partial charge in [0.05, 0.1) is 13.7 Å². The van der Waals surface area contributed by atoms with Crippen molar-refractivity contribution in [1.29, 1.82) is 0 Å². The quantitative estimate of drug-likeness (QED) is 0.676. The van der Waals surface area contributed by atoms with E-state index in [4.69, 9.17) is 9.47 Å². The Morgan fingerprint density at radius 2 is 2.31 bits per heavy atom. The van der Waals surface area contributed by atoms with Gasteiger partial charge in [-0.15, -0.1) is 0 Å². The van der Waals surface area contributed by atoms with Gasteiger partial charge in [-0.3, -0.25) is 9.69 Å². The number of hydrogen-bond acceptors (Lipinski definition) is 4. The molecule has 16 heavy (non-hydrogen) atoms. The van der Waals surface area contributed by atoms with E-state index in [0.29, 0.717) is 5.92 Å². The van der Waals surface area contributed by atoms with Crippen LogP contribution in [0, 0.1) is 5.92 Å². The molecule has 1 unspecified atom stereocenters. The highest BCUT2D eigenvalue weighted by Crippen LogP contribution is 2.22. The third kappa shape index (κ3) is 2.74. The second-order valence-corrected chi connectivity index (χ2v) is 4.76. The molecule has 2 heterocycles. The molecule has 0 amide bonds. The summed E-state index contributed by atoms with van der Waals surface area (Å²) >= 11 is 0. The zero-order valence-electron chi connectivity index (χ0n) is 9.98. The van der Waals surface area contributed by atoms with Crippen molar-refractivity contribution in [3.8, 4) is 0 Å². The molecular weight excluding hydrogens is 206 g/mol. The summed E-state index contributed by atoms with van der Waals surface area (Å²) in [6, 6.07) is -0.0145. The molecule has 2 saturated heterocycles. The highest BCUT2D eigenvalue weighted by molar-refractivity contribution is 5.75. The Hall–Kier alpha value is -0.610. The number of methoxy groups -OCH3 is 1. The van der Waals surface area contributed by atoms with Crippen molar-refractivity contribution in [2.45, 2.75) is 31.7 Å². The van der Waals surface area contributed by atoms with Gasteiger partial charge in [-0.1, -0.05) is 6.42 Å². The summed E-state index contributed by atoms with van der Waals surface area (Å²) in [6.07, 6.45) is 4.41. The van der Waals surface area contributed by atoms with Crippen LogP contribution in [0.3, 0.4) is 0 Å². The average Bonchev–Trinajstić information content (AvgIpc) is 2.82. The van der Waals surface area contributed by atoms with E-state index in [1.807, 2.05) is 0 Å². The van der Waals surface area contributed by atoms with Crippen LogP contribution in [0.1, 0.15) is 25.7 Å². The lowest BCUT2D eigenvalue weighted by Crippen LogP contribution is -2.47. The maximum atomic E-state index is 11.7. The molecular formula is C12H21NO3. The monoisotopic (exact) mass is 227 g/mol. The molecule has 0 N–H and O–H groups in total. The molecule has 4 heteroatoms. The Labute approximate surface area is 96.9 Å². The van der Waals surface area contributed by atoms with Gasteiger partial charge in [0.2, 0.25) is 0 Å². The third-order valence-electron chi connectivity index (χ3n) is 3.60. The molecule has 0 aromatic carbocycles. The van der Waals surface area contributed by atoms with E-state index in [0.717, 1.165) is 45.6 Å². The Bertz CT molecular complexity index is 238. The second kappa shape index (κ2) is 5.64. The van der Waals surface area contributed by atoms with Gasteiger partial charge >= 0.3 is 5.97 Å². The van der Waals surface area contributed by atoms with Gasteiger partial charge in [0.25, 0.3) is 0 Å². The first-order valence-corrected chi connectivity index (χ1v) is 6.21. The summed E-state index contributed by atoms with van der Waals surface area (Å²) in [6.45, 7) is 3.74. The molecule has 0 aromatic rings. The second-order valence-electron chi connectivity index (χ2n) is 4.76. The number of esters is 1. The number of rotatable bonds is 3. The van der Waals surface area contributed by atoms with Crippen LogP contribution < -0.4 is 0 Å². The van der Waals surface area contributed by atoms with Crippen molar-refractivity contribution >= 4 is 5.97 Å². The fraction of sp³-hybridized carbons (Fsp3) is 0.917. The maximum Gasteiger partial charge on any atom is 0.323 e. The van der Waals surface area contributed by atoms with E-state index in [1.54, 1.807) is 0 Å². The molecule has 0 bridgehead atoms. The smallest absolute Gasteiger partial charge is 0.323 e. The largest absolute Gasteiger partial charge is 0.468 e. The van der Waals surface area contributed by atoms with Crippen LogP contribution in [0.25, 0.3) is 0 Å². The highest BCUT2D eigenvalue weighted by Gasteiger charge is 2.31. The lowest BCUT2D eigenvalue weighted by Gasteiger charge is -2.35. The molecule has 0 spiro atoms. The number of ether oxygens (including phenoxy) is 2. The summed E-state index contributed by atoms with van der Waals surface area (Å²) in [5, 5.41) is 0. The normalized spacial score (nSPS) is 31.6. The molecule has 2 aliphatic heterocycles. The Kier molecular flexibility index (Phi) is 4.18. The van der Waals surface area contributed by atoms with Crippen molar-refractivity contribution in [3.05, 3.63) is 0 Å². The average molecular weight is 227 g/mol. The molecule has 2 atom stereocenters. The first kappa shape index (κ1) is 11.9. The topological polar surface area (TPSA) is 38.8 Å². The van der Waals surface area contributed by atoms with E-state index in [9.17, 15) is 4.79 Å². The summed E-state index contributed by atoms with van der Waals surface area (Å²) in [5.41, 5.74) is 0. The summed E-state index contributed by atoms with van der Waals surface area (Å²) in [4.78, 5) is 13.9.